The van der Waals surface area contributed by atoms with Crippen LogP contribution < -0.4 is 5.32 Å². The van der Waals surface area contributed by atoms with E-state index >= 15 is 0 Å². The van der Waals surface area contributed by atoms with Crippen LogP contribution in [0.15, 0.2) is 4.52 Å². The van der Waals surface area contributed by atoms with Gasteiger partial charge in [0, 0.05) is 26.1 Å². The Labute approximate surface area is 110 Å². The molecule has 2 N–H and O–H groups in total. The first-order valence-electron chi connectivity index (χ1n) is 6.06. The summed E-state index contributed by atoms with van der Waals surface area (Å²) in [5, 5.41) is 14.9. The van der Waals surface area contributed by atoms with Crippen LogP contribution in [-0.4, -0.2) is 51.8 Å². The number of nitrogens with one attached hydrogen (secondary N) is 1. The second-order valence-corrected chi connectivity index (χ2v) is 3.94. The monoisotopic (exact) mass is 270 g/mol. The Morgan fingerprint density at radius 2 is 2.21 bits per heavy atom. The SMILES string of the molecule is CCN(CCC(=O)O)C(=O)NCCc1nc(C)no1. The van der Waals surface area contributed by atoms with Crippen LogP contribution in [-0.2, 0) is 11.2 Å². The van der Waals surface area contributed by atoms with Gasteiger partial charge in [0.2, 0.25) is 5.89 Å². The fourth-order valence-electron chi connectivity index (χ4n) is 1.46. The Morgan fingerprint density at radius 1 is 1.47 bits per heavy atom. The molecule has 0 fully saturated rings. The maximum absolute atomic E-state index is 11.7. The highest BCUT2D eigenvalue weighted by Crippen LogP contribution is 1.97. The number of carbonyl (C=O) groups excluding carboxylic acids is 1. The third-order valence-corrected chi connectivity index (χ3v) is 2.45. The van der Waals surface area contributed by atoms with Gasteiger partial charge in [-0.05, 0) is 13.8 Å². The minimum atomic E-state index is -0.924. The van der Waals surface area contributed by atoms with E-state index in [-0.39, 0.29) is 19.0 Å². The summed E-state index contributed by atoms with van der Waals surface area (Å²) in [6.07, 6.45) is 0.382. The van der Waals surface area contributed by atoms with Crippen LogP contribution in [0.2, 0.25) is 0 Å². The molecular formula is C11H18N4O4. The summed E-state index contributed by atoms with van der Waals surface area (Å²) in [6, 6.07) is -0.292. The van der Waals surface area contributed by atoms with Gasteiger partial charge >= 0.3 is 12.0 Å². The van der Waals surface area contributed by atoms with Gasteiger partial charge in [0.25, 0.3) is 0 Å². The standard InChI is InChI=1S/C11H18N4O4/c1-3-15(7-5-10(16)17)11(18)12-6-4-9-13-8(2)14-19-9/h3-7H2,1-2H3,(H,12,18)(H,16,17). The quantitative estimate of drug-likeness (QED) is 0.743. The normalized spacial score (nSPS) is 10.2. The number of hydrogen-bond donors (Lipinski definition) is 2. The fraction of sp³-hybridized carbons (Fsp3) is 0.636. The van der Waals surface area contributed by atoms with E-state index in [4.69, 9.17) is 9.63 Å². The van der Waals surface area contributed by atoms with Crippen LogP contribution in [0.5, 0.6) is 0 Å². The van der Waals surface area contributed by atoms with Crippen molar-refractivity contribution in [1.82, 2.24) is 20.4 Å². The molecule has 0 radical (unpaired) electrons. The number of hydrogen-bond acceptors (Lipinski definition) is 5. The highest BCUT2D eigenvalue weighted by Gasteiger charge is 2.12. The third kappa shape index (κ3) is 5.36. The first-order valence-corrected chi connectivity index (χ1v) is 6.06. The smallest absolute Gasteiger partial charge is 0.317 e. The number of carboxylic acids is 1. The van der Waals surface area contributed by atoms with E-state index in [0.717, 1.165) is 0 Å². The van der Waals surface area contributed by atoms with E-state index in [1.54, 1.807) is 13.8 Å². The molecule has 0 aliphatic heterocycles. The summed E-state index contributed by atoms with van der Waals surface area (Å²) in [6.45, 7) is 4.53. The van der Waals surface area contributed by atoms with Crippen molar-refractivity contribution in [3.05, 3.63) is 11.7 Å². The number of aryl methyl sites for hydroxylation is 1. The zero-order valence-corrected chi connectivity index (χ0v) is 11.0. The van der Waals surface area contributed by atoms with Gasteiger partial charge in [-0.15, -0.1) is 0 Å². The molecular weight excluding hydrogens is 252 g/mol. The molecule has 8 nitrogen and oxygen atoms in total. The van der Waals surface area contributed by atoms with Crippen molar-refractivity contribution < 1.29 is 19.2 Å². The van der Waals surface area contributed by atoms with Crippen molar-refractivity contribution in [3.8, 4) is 0 Å². The fourth-order valence-corrected chi connectivity index (χ4v) is 1.46. The molecule has 1 aromatic rings. The van der Waals surface area contributed by atoms with Crippen LogP contribution in [0.4, 0.5) is 4.79 Å². The lowest BCUT2D eigenvalue weighted by Gasteiger charge is -2.20. The third-order valence-electron chi connectivity index (χ3n) is 2.45. The van der Waals surface area contributed by atoms with E-state index in [1.807, 2.05) is 0 Å². The molecule has 0 saturated heterocycles. The minimum Gasteiger partial charge on any atom is -0.481 e. The van der Waals surface area contributed by atoms with E-state index in [9.17, 15) is 9.59 Å². The van der Waals surface area contributed by atoms with Gasteiger partial charge in [-0.25, -0.2) is 4.79 Å². The predicted molar refractivity (Wildman–Crippen MR) is 65.6 cm³/mol. The van der Waals surface area contributed by atoms with E-state index in [1.165, 1.54) is 4.90 Å². The number of rotatable bonds is 7. The lowest BCUT2D eigenvalue weighted by atomic mass is 10.4. The molecule has 19 heavy (non-hydrogen) atoms. The molecule has 0 bridgehead atoms. The van der Waals surface area contributed by atoms with Gasteiger partial charge in [0.15, 0.2) is 5.82 Å². The van der Waals surface area contributed by atoms with Crippen LogP contribution in [0.3, 0.4) is 0 Å². The number of aromatic nitrogens is 2. The molecule has 0 atom stereocenters. The topological polar surface area (TPSA) is 109 Å². The Kier molecular flexibility index (Phi) is 5.77. The number of amides is 2. The minimum absolute atomic E-state index is 0.0654. The number of nitrogens with zero attached hydrogens (tertiary/aromatic N) is 3. The Hall–Kier alpha value is -2.12. The summed E-state index contributed by atoms with van der Waals surface area (Å²) in [5.74, 6) is 0.0944. The van der Waals surface area contributed by atoms with Gasteiger partial charge in [-0.1, -0.05) is 5.16 Å². The highest BCUT2D eigenvalue weighted by atomic mass is 16.5. The first-order chi connectivity index (χ1) is 9.02. The molecule has 106 valence electrons. The van der Waals surface area contributed by atoms with E-state index in [0.29, 0.717) is 31.2 Å². The second-order valence-electron chi connectivity index (χ2n) is 3.94. The average Bonchev–Trinajstić information content (AvgIpc) is 2.75. The molecule has 0 aliphatic carbocycles. The second kappa shape index (κ2) is 7.34. The Bertz CT molecular complexity index is 432. The molecule has 2 amide bonds. The molecule has 0 aliphatic rings. The van der Waals surface area contributed by atoms with Crippen molar-refractivity contribution in [2.24, 2.45) is 0 Å². The molecule has 0 spiro atoms. The summed E-state index contributed by atoms with van der Waals surface area (Å²) in [4.78, 5) is 27.6. The molecule has 0 saturated carbocycles. The van der Waals surface area contributed by atoms with Gasteiger partial charge in [0.1, 0.15) is 0 Å². The van der Waals surface area contributed by atoms with Crippen LogP contribution in [0, 0.1) is 6.92 Å². The molecule has 1 heterocycles. The highest BCUT2D eigenvalue weighted by molar-refractivity contribution is 5.75. The van der Waals surface area contributed by atoms with Crippen molar-refractivity contribution >= 4 is 12.0 Å². The van der Waals surface area contributed by atoms with Gasteiger partial charge < -0.3 is 19.8 Å². The Morgan fingerprint density at radius 3 is 2.74 bits per heavy atom. The van der Waals surface area contributed by atoms with Crippen LogP contribution >= 0.6 is 0 Å². The summed E-state index contributed by atoms with van der Waals surface area (Å²) < 4.78 is 4.91. The van der Waals surface area contributed by atoms with Gasteiger partial charge in [0.05, 0.1) is 6.42 Å². The Balaban J connectivity index is 2.30. The maximum Gasteiger partial charge on any atom is 0.317 e. The van der Waals surface area contributed by atoms with Gasteiger partial charge in [-0.2, -0.15) is 4.98 Å². The van der Waals surface area contributed by atoms with E-state index < -0.39 is 5.97 Å². The zero-order chi connectivity index (χ0) is 14.3. The van der Waals surface area contributed by atoms with Crippen molar-refractivity contribution in [2.45, 2.75) is 26.7 Å². The van der Waals surface area contributed by atoms with E-state index in [2.05, 4.69) is 15.5 Å². The molecule has 1 aromatic heterocycles. The summed E-state index contributed by atoms with van der Waals surface area (Å²) in [7, 11) is 0. The lowest BCUT2D eigenvalue weighted by molar-refractivity contribution is -0.137. The lowest BCUT2D eigenvalue weighted by Crippen LogP contribution is -2.41. The summed E-state index contributed by atoms with van der Waals surface area (Å²) >= 11 is 0. The number of carboxylic acid groups (broad SMARTS) is 1. The van der Waals surface area contributed by atoms with Crippen molar-refractivity contribution in [1.29, 1.82) is 0 Å². The number of carbonyl (C=O) groups is 2. The van der Waals surface area contributed by atoms with Crippen molar-refractivity contribution in [3.63, 3.8) is 0 Å². The number of urea groups is 1. The van der Waals surface area contributed by atoms with Crippen molar-refractivity contribution in [2.75, 3.05) is 19.6 Å². The first kappa shape index (κ1) is 14.9. The summed E-state index contributed by atoms with van der Waals surface area (Å²) in [5.41, 5.74) is 0. The molecule has 8 heteroatoms. The maximum atomic E-state index is 11.7. The molecule has 1 rings (SSSR count). The molecule has 0 unspecified atom stereocenters. The van der Waals surface area contributed by atoms with Gasteiger partial charge in [-0.3, -0.25) is 4.79 Å². The molecule has 0 aromatic carbocycles. The predicted octanol–water partition coefficient (Wildman–Crippen LogP) is 0.427. The zero-order valence-electron chi connectivity index (χ0n) is 11.0. The average molecular weight is 270 g/mol. The largest absolute Gasteiger partial charge is 0.481 e. The van der Waals surface area contributed by atoms with Crippen LogP contribution in [0.25, 0.3) is 0 Å². The number of aliphatic carboxylic acids is 1. The van der Waals surface area contributed by atoms with Crippen LogP contribution in [0.1, 0.15) is 25.1 Å².